The fourth-order valence-corrected chi connectivity index (χ4v) is 4.48. The molecule has 9 nitrogen and oxygen atoms in total. The van der Waals surface area contributed by atoms with Crippen LogP contribution < -0.4 is 10.1 Å². The SMILES string of the molecule is COc1cc([N+](=O)[O-])ccc1NC(=O)CSc1ncc(-c2ccccc2)n1C[C@@H]1CCCO1. The zero-order valence-electron chi connectivity index (χ0n) is 18.1. The Kier molecular flexibility index (Phi) is 7.26. The number of thioether (sulfide) groups is 1. The number of anilines is 1. The third kappa shape index (κ3) is 5.52. The molecule has 1 aromatic heterocycles. The van der Waals surface area contributed by atoms with Crippen molar-refractivity contribution in [1.29, 1.82) is 0 Å². The summed E-state index contributed by atoms with van der Waals surface area (Å²) in [6.07, 6.45) is 3.99. The van der Waals surface area contributed by atoms with E-state index >= 15 is 0 Å². The van der Waals surface area contributed by atoms with Crippen molar-refractivity contribution in [3.05, 3.63) is 64.8 Å². The van der Waals surface area contributed by atoms with Gasteiger partial charge in [0.2, 0.25) is 5.91 Å². The predicted molar refractivity (Wildman–Crippen MR) is 126 cm³/mol. The highest BCUT2D eigenvalue weighted by molar-refractivity contribution is 7.99. The molecule has 1 fully saturated rings. The summed E-state index contributed by atoms with van der Waals surface area (Å²) in [5, 5.41) is 14.5. The minimum atomic E-state index is -0.512. The third-order valence-electron chi connectivity index (χ3n) is 5.30. The van der Waals surface area contributed by atoms with Crippen LogP contribution in [-0.2, 0) is 16.1 Å². The minimum absolute atomic E-state index is 0.108. The van der Waals surface area contributed by atoms with E-state index < -0.39 is 4.92 Å². The van der Waals surface area contributed by atoms with Crippen LogP contribution in [0, 0.1) is 10.1 Å². The molecule has 1 amide bonds. The van der Waals surface area contributed by atoms with E-state index in [0.29, 0.717) is 12.2 Å². The molecule has 0 radical (unpaired) electrons. The van der Waals surface area contributed by atoms with Gasteiger partial charge < -0.3 is 19.4 Å². The van der Waals surface area contributed by atoms with Crippen molar-refractivity contribution < 1.29 is 19.2 Å². The highest BCUT2D eigenvalue weighted by Crippen LogP contribution is 2.31. The van der Waals surface area contributed by atoms with Gasteiger partial charge in [0.05, 0.1) is 54.1 Å². The van der Waals surface area contributed by atoms with Crippen LogP contribution in [0.1, 0.15) is 12.8 Å². The number of nitrogens with one attached hydrogen (secondary N) is 1. The zero-order valence-corrected chi connectivity index (χ0v) is 18.9. The van der Waals surface area contributed by atoms with Crippen LogP contribution in [0.2, 0.25) is 0 Å². The lowest BCUT2D eigenvalue weighted by atomic mass is 10.1. The van der Waals surface area contributed by atoms with Crippen LogP contribution in [0.25, 0.3) is 11.3 Å². The molecule has 3 aromatic rings. The number of non-ortho nitro benzene ring substituents is 1. The van der Waals surface area contributed by atoms with Crippen LogP contribution in [-0.4, -0.2) is 46.0 Å². The standard InChI is InChI=1S/C23H24N4O5S/c1-31-21-12-17(27(29)30)9-10-19(21)25-22(28)15-33-23-24-13-20(16-6-3-2-4-7-16)26(23)14-18-8-5-11-32-18/h2-4,6-7,9-10,12-13,18H,5,8,11,14-15H2,1H3,(H,25,28)/t18-/m0/s1. The maximum Gasteiger partial charge on any atom is 0.273 e. The summed E-state index contributed by atoms with van der Waals surface area (Å²) in [6.45, 7) is 1.44. The number of hydrogen-bond acceptors (Lipinski definition) is 7. The van der Waals surface area contributed by atoms with Gasteiger partial charge >= 0.3 is 0 Å². The number of aromatic nitrogens is 2. The molecule has 10 heteroatoms. The molecule has 0 spiro atoms. The Morgan fingerprint density at radius 2 is 2.15 bits per heavy atom. The summed E-state index contributed by atoms with van der Waals surface area (Å²) in [5.41, 5.74) is 2.30. The molecule has 1 atom stereocenters. The number of hydrogen-bond donors (Lipinski definition) is 1. The van der Waals surface area contributed by atoms with Crippen molar-refractivity contribution >= 4 is 29.0 Å². The smallest absolute Gasteiger partial charge is 0.273 e. The number of carbonyl (C=O) groups is 1. The zero-order chi connectivity index (χ0) is 23.2. The molecule has 0 saturated carbocycles. The van der Waals surface area contributed by atoms with Gasteiger partial charge in [0, 0.05) is 12.7 Å². The number of methoxy groups -OCH3 is 1. The van der Waals surface area contributed by atoms with Crippen LogP contribution in [0.5, 0.6) is 5.75 Å². The lowest BCUT2D eigenvalue weighted by molar-refractivity contribution is -0.384. The van der Waals surface area contributed by atoms with Gasteiger partial charge in [0.25, 0.3) is 5.69 Å². The van der Waals surface area contributed by atoms with E-state index in [4.69, 9.17) is 9.47 Å². The number of nitro benzene ring substituents is 1. The van der Waals surface area contributed by atoms with Gasteiger partial charge in [-0.25, -0.2) is 4.98 Å². The molecular formula is C23H24N4O5S. The lowest BCUT2D eigenvalue weighted by Gasteiger charge is -2.16. The first-order valence-electron chi connectivity index (χ1n) is 10.5. The van der Waals surface area contributed by atoms with Gasteiger partial charge in [-0.05, 0) is 24.5 Å². The van der Waals surface area contributed by atoms with E-state index in [9.17, 15) is 14.9 Å². The number of nitrogens with zero attached hydrogens (tertiary/aromatic N) is 3. The minimum Gasteiger partial charge on any atom is -0.494 e. The molecule has 2 aromatic carbocycles. The number of rotatable bonds is 9. The van der Waals surface area contributed by atoms with Crippen molar-refractivity contribution in [2.75, 3.05) is 24.8 Å². The summed E-state index contributed by atoms with van der Waals surface area (Å²) >= 11 is 1.33. The third-order valence-corrected chi connectivity index (χ3v) is 6.29. The maximum atomic E-state index is 12.6. The van der Waals surface area contributed by atoms with Gasteiger partial charge in [-0.3, -0.25) is 14.9 Å². The number of amides is 1. The molecule has 172 valence electrons. The van der Waals surface area contributed by atoms with E-state index in [1.807, 2.05) is 36.5 Å². The molecule has 0 bridgehead atoms. The van der Waals surface area contributed by atoms with Crippen molar-refractivity contribution in [2.45, 2.75) is 30.6 Å². The molecule has 1 aliphatic rings. The van der Waals surface area contributed by atoms with Crippen LogP contribution in [0.4, 0.5) is 11.4 Å². The Morgan fingerprint density at radius 1 is 1.33 bits per heavy atom. The van der Waals surface area contributed by atoms with Crippen LogP contribution in [0.3, 0.4) is 0 Å². The first-order chi connectivity index (χ1) is 16.0. The summed E-state index contributed by atoms with van der Waals surface area (Å²) in [7, 11) is 1.40. The second kappa shape index (κ2) is 10.5. The quantitative estimate of drug-likeness (QED) is 0.282. The summed E-state index contributed by atoms with van der Waals surface area (Å²) in [5.74, 6) is 0.0885. The number of ether oxygens (including phenoxy) is 2. The van der Waals surface area contributed by atoms with Gasteiger partial charge in [-0.1, -0.05) is 42.1 Å². The molecule has 1 N–H and O–H groups in total. The number of imidazole rings is 1. The molecule has 1 saturated heterocycles. The average Bonchev–Trinajstić information content (AvgIpc) is 3.49. The maximum absolute atomic E-state index is 12.6. The first kappa shape index (κ1) is 22.8. The van der Waals surface area contributed by atoms with E-state index in [1.54, 1.807) is 0 Å². The Balaban J connectivity index is 1.48. The second-order valence-corrected chi connectivity index (χ2v) is 8.46. The fourth-order valence-electron chi connectivity index (χ4n) is 3.69. The molecule has 0 unspecified atom stereocenters. The molecule has 33 heavy (non-hydrogen) atoms. The van der Waals surface area contributed by atoms with E-state index in [2.05, 4.69) is 14.9 Å². The van der Waals surface area contributed by atoms with Crippen molar-refractivity contribution in [1.82, 2.24) is 9.55 Å². The van der Waals surface area contributed by atoms with Gasteiger partial charge in [0.1, 0.15) is 5.75 Å². The highest BCUT2D eigenvalue weighted by atomic mass is 32.2. The van der Waals surface area contributed by atoms with Crippen LogP contribution >= 0.6 is 11.8 Å². The largest absolute Gasteiger partial charge is 0.494 e. The van der Waals surface area contributed by atoms with Crippen molar-refractivity contribution in [3.63, 3.8) is 0 Å². The summed E-state index contributed by atoms with van der Waals surface area (Å²) < 4.78 is 13.1. The van der Waals surface area contributed by atoms with E-state index in [-0.39, 0.29) is 29.2 Å². The van der Waals surface area contributed by atoms with E-state index in [0.717, 1.165) is 35.9 Å². The predicted octanol–water partition coefficient (Wildman–Crippen LogP) is 4.38. The Labute approximate surface area is 195 Å². The van der Waals surface area contributed by atoms with Gasteiger partial charge in [0.15, 0.2) is 5.16 Å². The number of nitro groups is 1. The average molecular weight is 469 g/mol. The topological polar surface area (TPSA) is 109 Å². The number of carbonyl (C=O) groups excluding carboxylic acids is 1. The first-order valence-corrected chi connectivity index (χ1v) is 11.5. The highest BCUT2D eigenvalue weighted by Gasteiger charge is 2.21. The fraction of sp³-hybridized carbons (Fsp3) is 0.304. The number of benzene rings is 2. The Bertz CT molecular complexity index is 1130. The van der Waals surface area contributed by atoms with Crippen molar-refractivity contribution in [2.24, 2.45) is 0 Å². The van der Waals surface area contributed by atoms with Gasteiger partial charge in [-0.2, -0.15) is 0 Å². The lowest BCUT2D eigenvalue weighted by Crippen LogP contribution is -2.18. The summed E-state index contributed by atoms with van der Waals surface area (Å²) in [4.78, 5) is 27.6. The second-order valence-electron chi connectivity index (χ2n) is 7.52. The molecule has 2 heterocycles. The Hall–Kier alpha value is -3.37. The van der Waals surface area contributed by atoms with E-state index in [1.165, 1.54) is 37.1 Å². The molecule has 4 rings (SSSR count). The monoisotopic (exact) mass is 468 g/mol. The van der Waals surface area contributed by atoms with Gasteiger partial charge in [-0.15, -0.1) is 0 Å². The molecule has 1 aliphatic heterocycles. The molecular weight excluding hydrogens is 444 g/mol. The normalized spacial score (nSPS) is 15.4. The Morgan fingerprint density at radius 3 is 2.85 bits per heavy atom. The van der Waals surface area contributed by atoms with Crippen LogP contribution in [0.15, 0.2) is 59.9 Å². The van der Waals surface area contributed by atoms with Crippen molar-refractivity contribution in [3.8, 4) is 17.0 Å². The molecule has 0 aliphatic carbocycles. The summed E-state index contributed by atoms with van der Waals surface area (Å²) in [6, 6.07) is 14.1.